The minimum Gasteiger partial charge on any atom is -0.426 e. The third-order valence-electron chi connectivity index (χ3n) is 2.93. The fourth-order valence-corrected chi connectivity index (χ4v) is 1.09. The highest BCUT2D eigenvalue weighted by molar-refractivity contribution is 6.45. The summed E-state index contributed by atoms with van der Waals surface area (Å²) in [5, 5.41) is 17.0. The van der Waals surface area contributed by atoms with Gasteiger partial charge >= 0.3 is 7.48 Å². The molecule has 0 spiro atoms. The molecule has 86 valence electrons. The summed E-state index contributed by atoms with van der Waals surface area (Å²) in [6.45, 7) is 7.23. The molecular weight excluding hydrogens is 191 g/mol. The topological polar surface area (TPSA) is 79.3 Å². The largest absolute Gasteiger partial charge is 0.426 e. The second-order valence-electron chi connectivity index (χ2n) is 4.32. The normalized spacial score (nSPS) is 17.0. The van der Waals surface area contributed by atoms with Gasteiger partial charge < -0.3 is 20.9 Å². The lowest BCUT2D eigenvalue weighted by Crippen LogP contribution is -2.50. The standard InChI is InChI=1S/C10H21BN2O2/c1-5-10(4,9(2,3)14)15-11-8(6-12)7-13/h6-7,11-12,14H,5,13H2,1-4H3/b8-7+,12-6?. The number of hydrogen-bond donors (Lipinski definition) is 3. The van der Waals surface area contributed by atoms with Crippen molar-refractivity contribution in [1.29, 1.82) is 5.41 Å². The van der Waals surface area contributed by atoms with Crippen molar-refractivity contribution in [3.63, 3.8) is 0 Å². The molecular formula is C10H21BN2O2. The van der Waals surface area contributed by atoms with Crippen LogP contribution < -0.4 is 5.73 Å². The molecule has 0 aliphatic rings. The maximum atomic E-state index is 9.96. The van der Waals surface area contributed by atoms with E-state index in [0.29, 0.717) is 11.9 Å². The van der Waals surface area contributed by atoms with Gasteiger partial charge in [0.15, 0.2) is 0 Å². The second-order valence-corrected chi connectivity index (χ2v) is 4.32. The van der Waals surface area contributed by atoms with Crippen LogP contribution in [0, 0.1) is 5.41 Å². The molecule has 5 heteroatoms. The van der Waals surface area contributed by atoms with Gasteiger partial charge in [0, 0.05) is 6.21 Å². The van der Waals surface area contributed by atoms with Gasteiger partial charge in [0.1, 0.15) is 0 Å². The molecule has 1 unspecified atom stereocenters. The van der Waals surface area contributed by atoms with Gasteiger partial charge in [-0.05, 0) is 38.9 Å². The highest BCUT2D eigenvalue weighted by atomic mass is 16.5. The van der Waals surface area contributed by atoms with Crippen LogP contribution in [0.15, 0.2) is 11.7 Å². The van der Waals surface area contributed by atoms with Crippen LogP contribution in [0.25, 0.3) is 0 Å². The first-order valence-electron chi connectivity index (χ1n) is 5.08. The van der Waals surface area contributed by atoms with Crippen molar-refractivity contribution in [2.24, 2.45) is 5.73 Å². The highest BCUT2D eigenvalue weighted by Crippen LogP contribution is 2.28. The summed E-state index contributed by atoms with van der Waals surface area (Å²) in [7, 11) is 0.244. The van der Waals surface area contributed by atoms with E-state index in [0.717, 1.165) is 6.21 Å². The quantitative estimate of drug-likeness (QED) is 0.448. The Morgan fingerprint density at radius 3 is 2.33 bits per heavy atom. The Morgan fingerprint density at radius 2 is 2.07 bits per heavy atom. The molecule has 0 radical (unpaired) electrons. The monoisotopic (exact) mass is 212 g/mol. The van der Waals surface area contributed by atoms with Gasteiger partial charge in [-0.1, -0.05) is 6.92 Å². The number of nitrogens with two attached hydrogens (primary N) is 1. The van der Waals surface area contributed by atoms with Gasteiger partial charge in [-0.15, -0.1) is 0 Å². The summed E-state index contributed by atoms with van der Waals surface area (Å²) in [6, 6.07) is 0. The minimum absolute atomic E-state index is 0.244. The lowest BCUT2D eigenvalue weighted by Gasteiger charge is -2.40. The molecule has 15 heavy (non-hydrogen) atoms. The highest BCUT2D eigenvalue weighted by Gasteiger charge is 2.38. The lowest BCUT2D eigenvalue weighted by molar-refractivity contribution is -0.103. The Kier molecular flexibility index (Phi) is 5.04. The van der Waals surface area contributed by atoms with E-state index in [4.69, 9.17) is 15.8 Å². The molecule has 0 saturated carbocycles. The van der Waals surface area contributed by atoms with E-state index in [-0.39, 0.29) is 7.48 Å². The van der Waals surface area contributed by atoms with Gasteiger partial charge in [0.05, 0.1) is 11.2 Å². The van der Waals surface area contributed by atoms with Crippen LogP contribution >= 0.6 is 0 Å². The fraction of sp³-hybridized carbons (Fsp3) is 0.700. The molecule has 0 amide bonds. The molecule has 0 aromatic heterocycles. The predicted molar refractivity (Wildman–Crippen MR) is 64.3 cm³/mol. The first-order chi connectivity index (χ1) is 6.80. The van der Waals surface area contributed by atoms with Crippen LogP contribution in [0.4, 0.5) is 0 Å². The van der Waals surface area contributed by atoms with Crippen LogP contribution in [-0.4, -0.2) is 30.0 Å². The molecule has 0 aromatic carbocycles. The third-order valence-corrected chi connectivity index (χ3v) is 2.93. The smallest absolute Gasteiger partial charge is 0.312 e. The number of hydrogen-bond acceptors (Lipinski definition) is 4. The Balaban J connectivity index is 4.54. The Hall–Kier alpha value is -0.805. The van der Waals surface area contributed by atoms with Crippen LogP contribution in [-0.2, 0) is 4.65 Å². The maximum Gasteiger partial charge on any atom is 0.312 e. The molecule has 0 rings (SSSR count). The fourth-order valence-electron chi connectivity index (χ4n) is 1.09. The lowest BCUT2D eigenvalue weighted by atomic mass is 9.80. The zero-order valence-corrected chi connectivity index (χ0v) is 10.0. The molecule has 0 fully saturated rings. The van der Waals surface area contributed by atoms with Crippen LogP contribution in [0.3, 0.4) is 0 Å². The van der Waals surface area contributed by atoms with Crippen LogP contribution in [0.5, 0.6) is 0 Å². The first kappa shape index (κ1) is 14.2. The summed E-state index contributed by atoms with van der Waals surface area (Å²) < 4.78 is 5.64. The van der Waals surface area contributed by atoms with Crippen molar-refractivity contribution in [2.45, 2.75) is 45.3 Å². The van der Waals surface area contributed by atoms with Gasteiger partial charge in [0.25, 0.3) is 0 Å². The Labute approximate surface area is 92.3 Å². The Bertz CT molecular complexity index is 248. The zero-order valence-electron chi connectivity index (χ0n) is 10.0. The van der Waals surface area contributed by atoms with E-state index < -0.39 is 11.2 Å². The zero-order chi connectivity index (χ0) is 12.1. The Morgan fingerprint density at radius 1 is 1.53 bits per heavy atom. The van der Waals surface area contributed by atoms with E-state index in [1.165, 1.54) is 6.20 Å². The van der Waals surface area contributed by atoms with E-state index >= 15 is 0 Å². The van der Waals surface area contributed by atoms with Crippen LogP contribution in [0.2, 0.25) is 0 Å². The molecule has 1 atom stereocenters. The average molecular weight is 212 g/mol. The van der Waals surface area contributed by atoms with E-state index in [1.807, 2.05) is 13.8 Å². The van der Waals surface area contributed by atoms with Crippen molar-refractivity contribution in [3.05, 3.63) is 11.7 Å². The van der Waals surface area contributed by atoms with Crippen molar-refractivity contribution >= 4 is 13.7 Å². The molecule has 4 N–H and O–H groups in total. The maximum absolute atomic E-state index is 9.96. The van der Waals surface area contributed by atoms with E-state index in [9.17, 15) is 5.11 Å². The van der Waals surface area contributed by atoms with Gasteiger partial charge in [-0.2, -0.15) is 0 Å². The molecule has 0 aliphatic carbocycles. The molecule has 0 aliphatic heterocycles. The summed E-state index contributed by atoms with van der Waals surface area (Å²) in [5.41, 5.74) is 4.34. The number of allylic oxidation sites excluding steroid dienone is 1. The SMILES string of the molecule is CCC(C)(OB/C(C=N)=C/N)C(C)(C)O. The predicted octanol–water partition coefficient (Wildman–Crippen LogP) is 0.744. The van der Waals surface area contributed by atoms with Crippen molar-refractivity contribution in [2.75, 3.05) is 0 Å². The number of aliphatic hydroxyl groups is 1. The summed E-state index contributed by atoms with van der Waals surface area (Å²) >= 11 is 0. The molecule has 4 nitrogen and oxygen atoms in total. The first-order valence-corrected chi connectivity index (χ1v) is 5.08. The molecule has 0 bridgehead atoms. The summed E-state index contributed by atoms with van der Waals surface area (Å²) in [6.07, 6.45) is 3.18. The summed E-state index contributed by atoms with van der Waals surface area (Å²) in [5.74, 6) is 0. The van der Waals surface area contributed by atoms with Crippen molar-refractivity contribution in [1.82, 2.24) is 0 Å². The molecule has 0 aromatic rings. The third kappa shape index (κ3) is 3.68. The molecule has 0 saturated heterocycles. The van der Waals surface area contributed by atoms with E-state index in [2.05, 4.69) is 0 Å². The minimum atomic E-state index is -0.927. The van der Waals surface area contributed by atoms with Crippen LogP contribution in [0.1, 0.15) is 34.1 Å². The van der Waals surface area contributed by atoms with Crippen molar-refractivity contribution in [3.8, 4) is 0 Å². The molecule has 0 heterocycles. The number of nitrogens with one attached hydrogen (secondary N) is 1. The van der Waals surface area contributed by atoms with E-state index in [1.54, 1.807) is 13.8 Å². The second kappa shape index (κ2) is 5.33. The van der Waals surface area contributed by atoms with Gasteiger partial charge in [-0.25, -0.2) is 0 Å². The summed E-state index contributed by atoms with van der Waals surface area (Å²) in [4.78, 5) is 0. The number of rotatable bonds is 6. The van der Waals surface area contributed by atoms with Crippen molar-refractivity contribution < 1.29 is 9.76 Å². The van der Waals surface area contributed by atoms with Gasteiger partial charge in [-0.3, -0.25) is 0 Å². The average Bonchev–Trinajstić information content (AvgIpc) is 2.17. The van der Waals surface area contributed by atoms with Gasteiger partial charge in [0.2, 0.25) is 0 Å².